The summed E-state index contributed by atoms with van der Waals surface area (Å²) in [6.45, 7) is 7.88. The highest BCUT2D eigenvalue weighted by Gasteiger charge is 2.33. The zero-order valence-electron chi connectivity index (χ0n) is 18.2. The number of hydrogen-bond acceptors (Lipinski definition) is 5. The summed E-state index contributed by atoms with van der Waals surface area (Å²) in [6, 6.07) is 0. The number of carbonyl (C=O) groups is 1. The Morgan fingerprint density at radius 2 is 2.06 bits per heavy atom. The van der Waals surface area contributed by atoms with Gasteiger partial charge < -0.3 is 20.3 Å². The maximum atomic E-state index is 12.6. The van der Waals surface area contributed by atoms with Crippen molar-refractivity contribution in [2.75, 3.05) is 33.2 Å². The van der Waals surface area contributed by atoms with E-state index in [1.807, 2.05) is 20.8 Å². The van der Waals surface area contributed by atoms with Gasteiger partial charge in [0.25, 0.3) is 0 Å². The van der Waals surface area contributed by atoms with E-state index in [2.05, 4.69) is 20.6 Å². The van der Waals surface area contributed by atoms with Crippen LogP contribution in [0, 0.1) is 5.92 Å². The molecule has 31 heavy (non-hydrogen) atoms. The van der Waals surface area contributed by atoms with E-state index >= 15 is 0 Å². The topological polar surface area (TPSA) is 78.9 Å². The molecule has 0 aliphatic carbocycles. The van der Waals surface area contributed by atoms with Gasteiger partial charge in [-0.1, -0.05) is 0 Å². The number of likely N-dealkylation sites (tertiary alicyclic amines) is 1. The van der Waals surface area contributed by atoms with Gasteiger partial charge in [0.15, 0.2) is 11.7 Å². The van der Waals surface area contributed by atoms with Crippen molar-refractivity contribution in [2.24, 2.45) is 10.9 Å². The highest BCUT2D eigenvalue weighted by atomic mass is 127. The van der Waals surface area contributed by atoms with Gasteiger partial charge in [-0.05, 0) is 39.5 Å². The quantitative estimate of drug-likeness (QED) is 0.313. The Morgan fingerprint density at radius 3 is 2.65 bits per heavy atom. The van der Waals surface area contributed by atoms with Crippen molar-refractivity contribution >= 4 is 47.4 Å². The van der Waals surface area contributed by atoms with Crippen molar-refractivity contribution in [1.82, 2.24) is 20.5 Å². The van der Waals surface area contributed by atoms with Gasteiger partial charge in [-0.2, -0.15) is 13.2 Å². The largest absolute Gasteiger partial charge is 0.444 e. The number of amides is 1. The smallest absolute Gasteiger partial charge is 0.434 e. The first kappa shape index (κ1) is 27.7. The maximum Gasteiger partial charge on any atom is 0.434 e. The molecular weight excluding hydrogens is 546 g/mol. The van der Waals surface area contributed by atoms with E-state index in [1.165, 1.54) is 0 Å². The predicted molar refractivity (Wildman–Crippen MR) is 126 cm³/mol. The standard InChI is InChI=1S/C19H30F3N5O2S.HI/c1-18(2,3)29-17(28)27-9-5-6-13(11-27)10-25-16(23-4)24-8-7-15-26-14(12-30-15)19(20,21)22;/h12-13H,5-11H2,1-4H3,(H2,23,24,25);1H. The Kier molecular flexibility index (Phi) is 10.8. The molecule has 0 radical (unpaired) electrons. The summed E-state index contributed by atoms with van der Waals surface area (Å²) in [5, 5.41) is 7.77. The summed E-state index contributed by atoms with van der Waals surface area (Å²) < 4.78 is 43.3. The molecule has 2 rings (SSSR count). The molecule has 12 heteroatoms. The molecule has 1 atom stereocenters. The Balaban J connectivity index is 0.00000480. The summed E-state index contributed by atoms with van der Waals surface area (Å²) in [7, 11) is 1.63. The van der Waals surface area contributed by atoms with E-state index in [1.54, 1.807) is 11.9 Å². The molecule has 1 aromatic rings. The van der Waals surface area contributed by atoms with Crippen LogP contribution in [0.5, 0.6) is 0 Å². The van der Waals surface area contributed by atoms with Gasteiger partial charge in [0.2, 0.25) is 0 Å². The molecule has 1 fully saturated rings. The molecule has 1 aromatic heterocycles. The summed E-state index contributed by atoms with van der Waals surface area (Å²) in [6.07, 6.45) is -2.44. The molecule has 0 saturated carbocycles. The van der Waals surface area contributed by atoms with Crippen LogP contribution in [0.2, 0.25) is 0 Å². The zero-order chi connectivity index (χ0) is 22.4. The van der Waals surface area contributed by atoms with Crippen LogP contribution in [0.4, 0.5) is 18.0 Å². The minimum Gasteiger partial charge on any atom is -0.444 e. The van der Waals surface area contributed by atoms with Crippen molar-refractivity contribution in [1.29, 1.82) is 0 Å². The van der Waals surface area contributed by atoms with Gasteiger partial charge >= 0.3 is 12.3 Å². The maximum absolute atomic E-state index is 12.6. The minimum atomic E-state index is -4.41. The second-order valence-electron chi connectivity index (χ2n) is 8.19. The number of ether oxygens (including phenoxy) is 1. The number of alkyl halides is 3. The van der Waals surface area contributed by atoms with Crippen LogP contribution in [-0.4, -0.2) is 60.8 Å². The lowest BCUT2D eigenvalue weighted by Crippen LogP contribution is -2.47. The molecule has 0 spiro atoms. The molecular formula is C19H31F3IN5O2S. The average molecular weight is 577 g/mol. The number of nitrogens with one attached hydrogen (secondary N) is 2. The first-order chi connectivity index (χ1) is 14.0. The molecule has 1 aliphatic heterocycles. The highest BCUT2D eigenvalue weighted by molar-refractivity contribution is 14.0. The van der Waals surface area contributed by atoms with Gasteiger partial charge in [-0.25, -0.2) is 9.78 Å². The van der Waals surface area contributed by atoms with Crippen molar-refractivity contribution in [3.8, 4) is 0 Å². The number of guanidine groups is 1. The lowest BCUT2D eigenvalue weighted by molar-refractivity contribution is -0.140. The Labute approximate surface area is 202 Å². The lowest BCUT2D eigenvalue weighted by Gasteiger charge is -2.34. The highest BCUT2D eigenvalue weighted by Crippen LogP contribution is 2.30. The minimum absolute atomic E-state index is 0. The Hall–Kier alpha value is -1.31. The number of nitrogens with zero attached hydrogens (tertiary/aromatic N) is 3. The summed E-state index contributed by atoms with van der Waals surface area (Å²) in [5.74, 6) is 0.829. The van der Waals surface area contributed by atoms with E-state index < -0.39 is 17.5 Å². The molecule has 1 amide bonds. The predicted octanol–water partition coefficient (Wildman–Crippen LogP) is 4.13. The van der Waals surface area contributed by atoms with Crippen LogP contribution in [0.15, 0.2) is 10.4 Å². The molecule has 7 nitrogen and oxygen atoms in total. The Morgan fingerprint density at radius 1 is 1.35 bits per heavy atom. The van der Waals surface area contributed by atoms with E-state index in [9.17, 15) is 18.0 Å². The number of rotatable bonds is 5. The third-order valence-corrected chi connectivity index (χ3v) is 5.33. The third-order valence-electron chi connectivity index (χ3n) is 4.43. The molecule has 2 N–H and O–H groups in total. The fraction of sp³-hybridized carbons (Fsp3) is 0.737. The monoisotopic (exact) mass is 577 g/mol. The number of aliphatic imine (C=N–C) groups is 1. The molecule has 1 unspecified atom stereocenters. The molecule has 0 bridgehead atoms. The summed E-state index contributed by atoms with van der Waals surface area (Å²) in [5.41, 5.74) is -1.37. The van der Waals surface area contributed by atoms with Gasteiger partial charge in [0.1, 0.15) is 5.60 Å². The van der Waals surface area contributed by atoms with Crippen molar-refractivity contribution in [3.05, 3.63) is 16.1 Å². The number of thiazole rings is 1. The van der Waals surface area contributed by atoms with Crippen molar-refractivity contribution < 1.29 is 22.7 Å². The number of piperidine rings is 1. The second-order valence-corrected chi connectivity index (χ2v) is 9.13. The van der Waals surface area contributed by atoms with E-state index in [0.717, 1.165) is 29.6 Å². The number of carbonyl (C=O) groups excluding carboxylic acids is 1. The second kappa shape index (κ2) is 12.1. The number of hydrogen-bond donors (Lipinski definition) is 2. The third kappa shape index (κ3) is 9.79. The van der Waals surface area contributed by atoms with Gasteiger partial charge in [-0.15, -0.1) is 35.3 Å². The summed E-state index contributed by atoms with van der Waals surface area (Å²) >= 11 is 0.998. The van der Waals surface area contributed by atoms with Crippen LogP contribution < -0.4 is 10.6 Å². The molecule has 1 saturated heterocycles. The molecule has 178 valence electrons. The van der Waals surface area contributed by atoms with Crippen LogP contribution in [0.25, 0.3) is 0 Å². The van der Waals surface area contributed by atoms with Crippen LogP contribution in [-0.2, 0) is 17.3 Å². The SMILES string of the molecule is CN=C(NCCc1nc(C(F)(F)F)cs1)NCC1CCCN(C(=O)OC(C)(C)C)C1.I. The fourth-order valence-electron chi connectivity index (χ4n) is 3.03. The van der Waals surface area contributed by atoms with E-state index in [-0.39, 0.29) is 36.0 Å². The average Bonchev–Trinajstić information content (AvgIpc) is 3.13. The van der Waals surface area contributed by atoms with Crippen molar-refractivity contribution in [2.45, 2.75) is 51.8 Å². The molecule has 1 aliphatic rings. The van der Waals surface area contributed by atoms with Gasteiger partial charge in [0.05, 0.1) is 5.01 Å². The normalized spacial score (nSPS) is 17.7. The first-order valence-electron chi connectivity index (χ1n) is 9.92. The Bertz CT molecular complexity index is 737. The number of halogens is 4. The lowest BCUT2D eigenvalue weighted by atomic mass is 9.98. The molecule has 0 aromatic carbocycles. The number of aromatic nitrogens is 1. The first-order valence-corrected chi connectivity index (χ1v) is 10.8. The van der Waals surface area contributed by atoms with Crippen LogP contribution in [0.1, 0.15) is 44.3 Å². The van der Waals surface area contributed by atoms with Gasteiger partial charge in [0, 0.05) is 45.0 Å². The van der Waals surface area contributed by atoms with E-state index in [4.69, 9.17) is 4.74 Å². The summed E-state index contributed by atoms with van der Waals surface area (Å²) in [4.78, 5) is 21.8. The van der Waals surface area contributed by atoms with Crippen LogP contribution >= 0.6 is 35.3 Å². The zero-order valence-corrected chi connectivity index (χ0v) is 21.4. The fourth-order valence-corrected chi connectivity index (χ4v) is 3.83. The van der Waals surface area contributed by atoms with E-state index in [0.29, 0.717) is 43.6 Å². The van der Waals surface area contributed by atoms with Crippen molar-refractivity contribution in [3.63, 3.8) is 0 Å². The van der Waals surface area contributed by atoms with Gasteiger partial charge in [-0.3, -0.25) is 4.99 Å². The molecule has 2 heterocycles. The van der Waals surface area contributed by atoms with Crippen LogP contribution in [0.3, 0.4) is 0 Å².